The highest BCUT2D eigenvalue weighted by molar-refractivity contribution is 5.67. The van der Waals surface area contributed by atoms with Gasteiger partial charge in [-0.3, -0.25) is 0 Å². The quantitative estimate of drug-likeness (QED) is 0.787. The largest absolute Gasteiger partial charge is 0.444 e. The maximum atomic E-state index is 11.9. The number of rotatable bonds is 6. The Morgan fingerprint density at radius 2 is 1.74 bits per heavy atom. The zero-order valence-corrected chi connectivity index (χ0v) is 16.2. The van der Waals surface area contributed by atoms with E-state index in [-0.39, 0.29) is 11.6 Å². The predicted molar refractivity (Wildman–Crippen MR) is 95.8 cm³/mol. The fourth-order valence-electron chi connectivity index (χ4n) is 2.79. The summed E-state index contributed by atoms with van der Waals surface area (Å²) in [6.07, 6.45) is 4.55. The minimum atomic E-state index is -0.440. The van der Waals surface area contributed by atoms with Crippen LogP contribution in [0.1, 0.15) is 60.3 Å². The molecule has 1 amide bonds. The molecule has 0 radical (unpaired) electrons. The average molecular weight is 328 g/mol. The molecule has 0 aromatic carbocycles. The number of likely N-dealkylation sites (N-methyl/N-ethyl adjacent to an activating group) is 1. The molecule has 0 heterocycles. The van der Waals surface area contributed by atoms with Crippen LogP contribution in [0.3, 0.4) is 0 Å². The lowest BCUT2D eigenvalue weighted by atomic mass is 9.84. The third kappa shape index (κ3) is 7.53. The average Bonchev–Trinajstić information content (AvgIpc) is 2.41. The minimum Gasteiger partial charge on any atom is -0.444 e. The molecule has 1 aliphatic carbocycles. The van der Waals surface area contributed by atoms with Crippen molar-refractivity contribution >= 4 is 6.09 Å². The third-order valence-electron chi connectivity index (χ3n) is 4.82. The Bertz CT molecular complexity index is 375. The Hall–Kier alpha value is -0.810. The minimum absolute atomic E-state index is 0.126. The molecule has 1 saturated carbocycles. The van der Waals surface area contributed by atoms with Crippen LogP contribution in [-0.2, 0) is 4.74 Å². The summed E-state index contributed by atoms with van der Waals surface area (Å²) in [6.45, 7) is 11.8. The molecule has 1 aliphatic rings. The molecule has 2 unspecified atom stereocenters. The van der Waals surface area contributed by atoms with Gasteiger partial charge in [0.05, 0.1) is 0 Å². The number of amides is 1. The Morgan fingerprint density at radius 1 is 1.13 bits per heavy atom. The molecule has 23 heavy (non-hydrogen) atoms. The van der Waals surface area contributed by atoms with Gasteiger partial charge in [-0.2, -0.15) is 0 Å². The number of ether oxygens (including phenoxy) is 1. The van der Waals surface area contributed by atoms with Gasteiger partial charge in [0.2, 0.25) is 0 Å². The SMILES string of the molecule is CN(C)C(C)(C)CNC1CCCCC1CNC(=O)OC(C)(C)C. The molecule has 5 nitrogen and oxygen atoms in total. The van der Waals surface area contributed by atoms with Gasteiger partial charge in [-0.1, -0.05) is 12.8 Å². The van der Waals surface area contributed by atoms with E-state index in [1.165, 1.54) is 19.3 Å². The smallest absolute Gasteiger partial charge is 0.407 e. The molecule has 1 rings (SSSR count). The number of hydrogen-bond acceptors (Lipinski definition) is 4. The second-order valence-electron chi connectivity index (χ2n) is 8.62. The van der Waals surface area contributed by atoms with Crippen LogP contribution >= 0.6 is 0 Å². The lowest BCUT2D eigenvalue weighted by Crippen LogP contribution is -2.52. The molecular formula is C18H37N3O2. The van der Waals surface area contributed by atoms with E-state index in [2.05, 4.69) is 43.5 Å². The van der Waals surface area contributed by atoms with Crippen LogP contribution in [0.15, 0.2) is 0 Å². The first kappa shape index (κ1) is 20.2. The molecule has 2 atom stereocenters. The standard InChI is InChI=1S/C18H37N3O2/c1-17(2,3)23-16(22)19-12-14-10-8-9-11-15(14)20-13-18(4,5)21(6)7/h14-15,20H,8-13H2,1-7H3,(H,19,22). The summed E-state index contributed by atoms with van der Waals surface area (Å²) in [5, 5.41) is 6.68. The summed E-state index contributed by atoms with van der Waals surface area (Å²) in [7, 11) is 4.23. The third-order valence-corrected chi connectivity index (χ3v) is 4.82. The Kier molecular flexibility index (Phi) is 7.33. The van der Waals surface area contributed by atoms with Gasteiger partial charge < -0.3 is 20.3 Å². The summed E-state index contributed by atoms with van der Waals surface area (Å²) in [6, 6.07) is 0.470. The molecule has 0 aromatic rings. The Morgan fingerprint density at radius 3 is 2.30 bits per heavy atom. The maximum Gasteiger partial charge on any atom is 0.407 e. The van der Waals surface area contributed by atoms with Crippen molar-refractivity contribution in [2.45, 2.75) is 77.5 Å². The van der Waals surface area contributed by atoms with Crippen LogP contribution in [0.4, 0.5) is 4.79 Å². The number of carbonyl (C=O) groups is 1. The number of nitrogens with zero attached hydrogens (tertiary/aromatic N) is 1. The van der Waals surface area contributed by atoms with E-state index in [0.717, 1.165) is 13.0 Å². The highest BCUT2D eigenvalue weighted by atomic mass is 16.6. The summed E-state index contributed by atoms with van der Waals surface area (Å²) < 4.78 is 5.33. The molecule has 0 spiro atoms. The van der Waals surface area contributed by atoms with Crippen molar-refractivity contribution in [2.24, 2.45) is 5.92 Å². The van der Waals surface area contributed by atoms with Gasteiger partial charge >= 0.3 is 6.09 Å². The van der Waals surface area contributed by atoms with Crippen LogP contribution in [0.25, 0.3) is 0 Å². The molecule has 2 N–H and O–H groups in total. The molecule has 0 bridgehead atoms. The van der Waals surface area contributed by atoms with Gasteiger partial charge in [-0.25, -0.2) is 4.79 Å². The van der Waals surface area contributed by atoms with Crippen LogP contribution in [0.2, 0.25) is 0 Å². The lowest BCUT2D eigenvalue weighted by Gasteiger charge is -2.38. The summed E-state index contributed by atoms with van der Waals surface area (Å²) >= 11 is 0. The van der Waals surface area contributed by atoms with Crippen molar-refractivity contribution in [1.82, 2.24) is 15.5 Å². The Labute approximate surface area is 142 Å². The van der Waals surface area contributed by atoms with Crippen molar-refractivity contribution in [3.8, 4) is 0 Å². The monoisotopic (exact) mass is 327 g/mol. The highest BCUT2D eigenvalue weighted by Crippen LogP contribution is 2.24. The predicted octanol–water partition coefficient (Wildman–Crippen LogP) is 3.00. The molecule has 0 aliphatic heterocycles. The van der Waals surface area contributed by atoms with E-state index in [1.807, 2.05) is 20.8 Å². The van der Waals surface area contributed by atoms with Crippen LogP contribution in [-0.4, -0.2) is 55.4 Å². The van der Waals surface area contributed by atoms with E-state index in [0.29, 0.717) is 18.5 Å². The fourth-order valence-corrected chi connectivity index (χ4v) is 2.79. The lowest BCUT2D eigenvalue weighted by molar-refractivity contribution is 0.0509. The van der Waals surface area contributed by atoms with Gasteiger partial charge in [0.15, 0.2) is 0 Å². The van der Waals surface area contributed by atoms with Gasteiger partial charge in [0.1, 0.15) is 5.60 Å². The highest BCUT2D eigenvalue weighted by Gasteiger charge is 2.28. The maximum absolute atomic E-state index is 11.9. The van der Waals surface area contributed by atoms with Crippen molar-refractivity contribution in [3.05, 3.63) is 0 Å². The van der Waals surface area contributed by atoms with Gasteiger partial charge in [0.25, 0.3) is 0 Å². The summed E-state index contributed by atoms with van der Waals surface area (Å²) in [4.78, 5) is 14.1. The van der Waals surface area contributed by atoms with Crippen molar-refractivity contribution in [2.75, 3.05) is 27.2 Å². The van der Waals surface area contributed by atoms with Crippen LogP contribution in [0.5, 0.6) is 0 Å². The molecule has 5 heteroatoms. The first-order valence-corrected chi connectivity index (χ1v) is 8.89. The molecular weight excluding hydrogens is 290 g/mol. The van der Waals surface area contributed by atoms with E-state index in [9.17, 15) is 4.79 Å². The normalized spacial score (nSPS) is 23.0. The second-order valence-corrected chi connectivity index (χ2v) is 8.62. The van der Waals surface area contributed by atoms with E-state index < -0.39 is 5.60 Å². The summed E-state index contributed by atoms with van der Waals surface area (Å²) in [5.41, 5.74) is -0.315. The van der Waals surface area contributed by atoms with E-state index in [1.54, 1.807) is 0 Å². The topological polar surface area (TPSA) is 53.6 Å². The fraction of sp³-hybridized carbons (Fsp3) is 0.944. The molecule has 0 aromatic heterocycles. The first-order valence-electron chi connectivity index (χ1n) is 8.89. The van der Waals surface area contributed by atoms with Crippen LogP contribution in [0, 0.1) is 5.92 Å². The van der Waals surface area contributed by atoms with Crippen molar-refractivity contribution < 1.29 is 9.53 Å². The summed E-state index contributed by atoms with van der Waals surface area (Å²) in [5.74, 6) is 0.481. The number of alkyl carbamates (subject to hydrolysis) is 1. The number of hydrogen-bond donors (Lipinski definition) is 2. The van der Waals surface area contributed by atoms with E-state index >= 15 is 0 Å². The van der Waals surface area contributed by atoms with Gasteiger partial charge in [-0.15, -0.1) is 0 Å². The zero-order chi connectivity index (χ0) is 17.7. The van der Waals surface area contributed by atoms with E-state index in [4.69, 9.17) is 4.74 Å². The Balaban J connectivity index is 2.47. The van der Waals surface area contributed by atoms with Crippen molar-refractivity contribution in [1.29, 1.82) is 0 Å². The molecule has 0 saturated heterocycles. The van der Waals surface area contributed by atoms with Gasteiger partial charge in [0, 0.05) is 24.7 Å². The van der Waals surface area contributed by atoms with Crippen molar-refractivity contribution in [3.63, 3.8) is 0 Å². The van der Waals surface area contributed by atoms with Crippen LogP contribution < -0.4 is 10.6 Å². The van der Waals surface area contributed by atoms with Gasteiger partial charge in [-0.05, 0) is 67.5 Å². The molecule has 136 valence electrons. The number of nitrogens with one attached hydrogen (secondary N) is 2. The first-order chi connectivity index (χ1) is 10.5. The second kappa shape index (κ2) is 8.34. The molecule has 1 fully saturated rings. The number of carbonyl (C=O) groups excluding carboxylic acids is 1. The zero-order valence-electron chi connectivity index (χ0n) is 16.2.